The number of nitrogens with one attached hydrogen (secondary N) is 2. The van der Waals surface area contributed by atoms with Crippen LogP contribution in [0.1, 0.15) is 19.8 Å². The fraction of sp³-hybridized carbons (Fsp3) is 0.533. The lowest BCUT2D eigenvalue weighted by molar-refractivity contribution is -0.125. The number of anilines is 2. The lowest BCUT2D eigenvalue weighted by atomic mass is 9.82. The van der Waals surface area contributed by atoms with Crippen molar-refractivity contribution in [1.29, 1.82) is 0 Å². The van der Waals surface area contributed by atoms with E-state index in [9.17, 15) is 4.79 Å². The van der Waals surface area contributed by atoms with Crippen LogP contribution in [-0.2, 0) is 4.79 Å². The minimum Gasteiger partial charge on any atom is -0.376 e. The smallest absolute Gasteiger partial charge is 0.231 e. The maximum absolute atomic E-state index is 12.6. The molecular weight excluding hydrogens is 274 g/mol. The first kappa shape index (κ1) is 15.1. The molecule has 0 aromatic heterocycles. The van der Waals surface area contributed by atoms with Crippen molar-refractivity contribution in [3.8, 4) is 0 Å². The van der Waals surface area contributed by atoms with Gasteiger partial charge in [-0.2, -0.15) is 0 Å². The van der Waals surface area contributed by atoms with Crippen LogP contribution in [0.2, 0.25) is 5.02 Å². The van der Waals surface area contributed by atoms with Gasteiger partial charge in [-0.15, -0.1) is 0 Å². The number of hydrogen-bond donors (Lipinski definition) is 2. The monoisotopic (exact) mass is 295 g/mol. The zero-order chi connectivity index (χ0) is 14.8. The zero-order valence-electron chi connectivity index (χ0n) is 12.3. The van der Waals surface area contributed by atoms with Gasteiger partial charge in [0, 0.05) is 25.7 Å². The van der Waals surface area contributed by atoms with Gasteiger partial charge in [0.15, 0.2) is 0 Å². The van der Waals surface area contributed by atoms with Crippen molar-refractivity contribution in [2.24, 2.45) is 5.41 Å². The van der Waals surface area contributed by atoms with E-state index in [2.05, 4.69) is 10.6 Å². The molecule has 1 aromatic carbocycles. The second-order valence-electron chi connectivity index (χ2n) is 5.85. The average molecular weight is 296 g/mol. The van der Waals surface area contributed by atoms with Crippen molar-refractivity contribution in [2.75, 3.05) is 37.4 Å². The molecule has 1 aliphatic heterocycles. The van der Waals surface area contributed by atoms with E-state index in [-0.39, 0.29) is 11.3 Å². The molecule has 20 heavy (non-hydrogen) atoms. The van der Waals surface area contributed by atoms with Gasteiger partial charge in [-0.3, -0.25) is 4.79 Å². The number of nitrogens with zero attached hydrogens (tertiary/aromatic N) is 1. The lowest BCUT2D eigenvalue weighted by Gasteiger charge is -2.33. The molecule has 110 valence electrons. The average Bonchev–Trinajstić information content (AvgIpc) is 2.39. The zero-order valence-corrected chi connectivity index (χ0v) is 13.0. The second kappa shape index (κ2) is 6.02. The van der Waals surface area contributed by atoms with Crippen LogP contribution in [0.25, 0.3) is 0 Å². The minimum atomic E-state index is -0.357. The summed E-state index contributed by atoms with van der Waals surface area (Å²) < 4.78 is 0. The molecule has 5 heteroatoms. The Hall–Kier alpha value is -1.26. The molecule has 0 spiro atoms. The summed E-state index contributed by atoms with van der Waals surface area (Å²) in [7, 11) is 3.89. The molecule has 1 amide bonds. The Kier molecular flexibility index (Phi) is 4.55. The first-order valence-corrected chi connectivity index (χ1v) is 7.29. The third-order valence-corrected chi connectivity index (χ3v) is 4.07. The number of rotatable bonds is 3. The van der Waals surface area contributed by atoms with Crippen LogP contribution in [0.4, 0.5) is 11.4 Å². The van der Waals surface area contributed by atoms with Gasteiger partial charge >= 0.3 is 0 Å². The first-order valence-electron chi connectivity index (χ1n) is 6.91. The van der Waals surface area contributed by atoms with Crippen LogP contribution in [0.3, 0.4) is 0 Å². The molecular formula is C15H22ClN3O. The molecule has 1 heterocycles. The van der Waals surface area contributed by atoms with Crippen LogP contribution in [0.5, 0.6) is 0 Å². The number of halogens is 1. The number of carbonyl (C=O) groups is 1. The molecule has 1 fully saturated rings. The van der Waals surface area contributed by atoms with Gasteiger partial charge in [0.1, 0.15) is 0 Å². The summed E-state index contributed by atoms with van der Waals surface area (Å²) in [6, 6.07) is 5.55. The fourth-order valence-electron chi connectivity index (χ4n) is 2.52. The molecule has 1 unspecified atom stereocenters. The van der Waals surface area contributed by atoms with E-state index >= 15 is 0 Å². The van der Waals surface area contributed by atoms with E-state index in [1.165, 1.54) is 0 Å². The normalized spacial score (nSPS) is 22.4. The van der Waals surface area contributed by atoms with Crippen molar-refractivity contribution in [1.82, 2.24) is 5.32 Å². The number of piperidine rings is 1. The number of carbonyl (C=O) groups excluding carboxylic acids is 1. The van der Waals surface area contributed by atoms with Gasteiger partial charge in [-0.25, -0.2) is 0 Å². The third kappa shape index (κ3) is 3.25. The molecule has 1 aromatic rings. The Morgan fingerprint density at radius 2 is 2.20 bits per heavy atom. The standard InChI is InChI=1S/C15H22ClN3O/c1-15(7-4-8-17-10-15)14(20)18-12-9-11(16)5-6-13(12)19(2)3/h5-6,9,17H,4,7-8,10H2,1-3H3,(H,18,20). The van der Waals surface area contributed by atoms with E-state index in [1.807, 2.05) is 38.1 Å². The predicted octanol–water partition coefficient (Wildman–Crippen LogP) is 2.73. The van der Waals surface area contributed by atoms with E-state index in [1.54, 1.807) is 6.07 Å². The van der Waals surface area contributed by atoms with E-state index < -0.39 is 0 Å². The summed E-state index contributed by atoms with van der Waals surface area (Å²) in [5.41, 5.74) is 1.36. The van der Waals surface area contributed by atoms with Gasteiger partial charge in [0.25, 0.3) is 0 Å². The number of benzene rings is 1. The molecule has 0 aliphatic carbocycles. The highest BCUT2D eigenvalue weighted by molar-refractivity contribution is 6.31. The van der Waals surface area contributed by atoms with Crippen LogP contribution in [-0.4, -0.2) is 33.1 Å². The molecule has 1 saturated heterocycles. The minimum absolute atomic E-state index is 0.0510. The summed E-state index contributed by atoms with van der Waals surface area (Å²) in [6.07, 6.45) is 1.93. The van der Waals surface area contributed by atoms with E-state index in [0.29, 0.717) is 5.02 Å². The van der Waals surface area contributed by atoms with Gasteiger partial charge in [-0.05, 0) is 44.5 Å². The Balaban J connectivity index is 2.20. The topological polar surface area (TPSA) is 44.4 Å². The highest BCUT2D eigenvalue weighted by Crippen LogP contribution is 2.32. The molecule has 1 aliphatic rings. The number of hydrogen-bond acceptors (Lipinski definition) is 3. The van der Waals surface area contributed by atoms with Crippen molar-refractivity contribution in [3.63, 3.8) is 0 Å². The Morgan fingerprint density at radius 3 is 2.80 bits per heavy atom. The fourth-order valence-corrected chi connectivity index (χ4v) is 2.69. The molecule has 0 saturated carbocycles. The van der Waals surface area contributed by atoms with Crippen molar-refractivity contribution < 1.29 is 4.79 Å². The third-order valence-electron chi connectivity index (χ3n) is 3.83. The molecule has 2 rings (SSSR count). The summed E-state index contributed by atoms with van der Waals surface area (Å²) in [6.45, 7) is 3.72. The largest absolute Gasteiger partial charge is 0.376 e. The lowest BCUT2D eigenvalue weighted by Crippen LogP contribution is -2.46. The SMILES string of the molecule is CN(C)c1ccc(Cl)cc1NC(=O)C1(C)CCCNC1. The second-order valence-corrected chi connectivity index (χ2v) is 6.29. The van der Waals surface area contributed by atoms with Crippen molar-refractivity contribution in [2.45, 2.75) is 19.8 Å². The maximum atomic E-state index is 12.6. The quantitative estimate of drug-likeness (QED) is 0.901. The molecule has 0 bridgehead atoms. The first-order chi connectivity index (χ1) is 9.42. The Bertz CT molecular complexity index is 496. The maximum Gasteiger partial charge on any atom is 0.231 e. The van der Waals surface area contributed by atoms with Gasteiger partial charge in [0.2, 0.25) is 5.91 Å². The van der Waals surface area contributed by atoms with Crippen LogP contribution in [0.15, 0.2) is 18.2 Å². The molecule has 0 radical (unpaired) electrons. The Morgan fingerprint density at radius 1 is 1.45 bits per heavy atom. The van der Waals surface area contributed by atoms with Crippen LogP contribution in [0, 0.1) is 5.41 Å². The van der Waals surface area contributed by atoms with Gasteiger partial charge in [-0.1, -0.05) is 11.6 Å². The highest BCUT2D eigenvalue weighted by atomic mass is 35.5. The van der Waals surface area contributed by atoms with Crippen LogP contribution >= 0.6 is 11.6 Å². The Labute approximate surface area is 125 Å². The summed E-state index contributed by atoms with van der Waals surface area (Å²) in [4.78, 5) is 14.5. The number of amides is 1. The summed E-state index contributed by atoms with van der Waals surface area (Å²) in [5, 5.41) is 6.95. The van der Waals surface area contributed by atoms with Gasteiger partial charge < -0.3 is 15.5 Å². The van der Waals surface area contributed by atoms with Crippen molar-refractivity contribution >= 4 is 28.9 Å². The highest BCUT2D eigenvalue weighted by Gasteiger charge is 2.34. The predicted molar refractivity (Wildman–Crippen MR) is 84.6 cm³/mol. The summed E-state index contributed by atoms with van der Waals surface area (Å²) in [5.74, 6) is 0.0510. The molecule has 4 nitrogen and oxygen atoms in total. The summed E-state index contributed by atoms with van der Waals surface area (Å²) >= 11 is 6.04. The van der Waals surface area contributed by atoms with Gasteiger partial charge in [0.05, 0.1) is 16.8 Å². The molecule has 1 atom stereocenters. The van der Waals surface area contributed by atoms with E-state index in [4.69, 9.17) is 11.6 Å². The van der Waals surface area contributed by atoms with Crippen molar-refractivity contribution in [3.05, 3.63) is 23.2 Å². The van der Waals surface area contributed by atoms with E-state index in [0.717, 1.165) is 37.3 Å². The van der Waals surface area contributed by atoms with Crippen LogP contribution < -0.4 is 15.5 Å². The molecule has 2 N–H and O–H groups in total.